The minimum Gasteiger partial charge on any atom is -0.416 e. The van der Waals surface area contributed by atoms with Crippen molar-refractivity contribution in [2.75, 3.05) is 0 Å². The number of aromatic amines is 1. The number of cyclic esters (lactones) is 1. The molecular weight excluding hydrogens is 271 g/mol. The topological polar surface area (TPSA) is 55.0 Å². The fraction of sp³-hybridized carbons (Fsp3) is 0.125. The molecular formula is C16H11FN2O2. The molecule has 2 heterocycles. The van der Waals surface area contributed by atoms with Gasteiger partial charge in [-0.1, -0.05) is 18.2 Å². The summed E-state index contributed by atoms with van der Waals surface area (Å²) in [5.74, 6) is -2.14. The molecule has 0 aliphatic carbocycles. The molecule has 0 saturated heterocycles. The van der Waals surface area contributed by atoms with Crippen LogP contribution in [0.3, 0.4) is 0 Å². The molecule has 0 spiro atoms. The number of carbonyl (C=O) groups is 1. The molecule has 3 aromatic rings. The molecule has 0 saturated carbocycles. The Kier molecular flexibility index (Phi) is 2.25. The van der Waals surface area contributed by atoms with Crippen molar-refractivity contribution in [1.29, 1.82) is 0 Å². The predicted molar refractivity (Wildman–Crippen MR) is 74.6 cm³/mol. The monoisotopic (exact) mass is 282 g/mol. The smallest absolute Gasteiger partial charge is 0.341 e. The number of alkyl halides is 1. The number of hydrogen-bond acceptors (Lipinski definition) is 3. The summed E-state index contributed by atoms with van der Waals surface area (Å²) in [6, 6.07) is 11.5. The SMILES string of the molecule is Cc1nc2ccc(C3(F)OC(=O)c4ccccc43)cc2[nH]1. The van der Waals surface area contributed by atoms with Gasteiger partial charge in [-0.25, -0.2) is 9.78 Å². The Labute approximate surface area is 119 Å². The van der Waals surface area contributed by atoms with Crippen molar-refractivity contribution in [1.82, 2.24) is 9.97 Å². The van der Waals surface area contributed by atoms with Crippen LogP contribution in [0.15, 0.2) is 42.5 Å². The number of ether oxygens (including phenoxy) is 1. The van der Waals surface area contributed by atoms with Crippen LogP contribution >= 0.6 is 0 Å². The van der Waals surface area contributed by atoms with Crippen LogP contribution in [-0.2, 0) is 10.6 Å². The Balaban J connectivity index is 1.93. The molecule has 5 heteroatoms. The molecule has 1 aliphatic heterocycles. The van der Waals surface area contributed by atoms with Crippen molar-refractivity contribution < 1.29 is 13.9 Å². The highest BCUT2D eigenvalue weighted by atomic mass is 19.2. The first-order valence-corrected chi connectivity index (χ1v) is 6.56. The van der Waals surface area contributed by atoms with Gasteiger partial charge >= 0.3 is 11.8 Å². The number of H-pyrrole nitrogens is 1. The lowest BCUT2D eigenvalue weighted by Gasteiger charge is -2.19. The molecule has 0 radical (unpaired) electrons. The van der Waals surface area contributed by atoms with Gasteiger partial charge in [-0.15, -0.1) is 0 Å². The molecule has 1 aromatic heterocycles. The number of aryl methyl sites for hydroxylation is 1. The number of rotatable bonds is 1. The van der Waals surface area contributed by atoms with E-state index in [-0.39, 0.29) is 16.7 Å². The van der Waals surface area contributed by atoms with Crippen molar-refractivity contribution in [3.63, 3.8) is 0 Å². The lowest BCUT2D eigenvalue weighted by Crippen LogP contribution is -2.21. The summed E-state index contributed by atoms with van der Waals surface area (Å²) in [4.78, 5) is 19.2. The van der Waals surface area contributed by atoms with E-state index in [1.165, 1.54) is 0 Å². The number of halogens is 1. The number of hydrogen-bond donors (Lipinski definition) is 1. The van der Waals surface area contributed by atoms with Gasteiger partial charge in [0.05, 0.1) is 16.6 Å². The number of nitrogens with one attached hydrogen (secondary N) is 1. The average molecular weight is 282 g/mol. The minimum atomic E-state index is -2.25. The van der Waals surface area contributed by atoms with Crippen molar-refractivity contribution in [3.05, 3.63) is 65.0 Å². The second-order valence-corrected chi connectivity index (χ2v) is 5.08. The van der Waals surface area contributed by atoms with Gasteiger partial charge in [0.2, 0.25) is 0 Å². The van der Waals surface area contributed by atoms with Gasteiger partial charge in [0.15, 0.2) is 0 Å². The van der Waals surface area contributed by atoms with E-state index < -0.39 is 11.8 Å². The predicted octanol–water partition coefficient (Wildman–Crippen LogP) is 3.21. The third-order valence-electron chi connectivity index (χ3n) is 3.70. The maximum atomic E-state index is 15.3. The van der Waals surface area contributed by atoms with Crippen molar-refractivity contribution >= 4 is 17.0 Å². The standard InChI is InChI=1S/C16H11FN2O2/c1-9-18-13-7-6-10(8-14(13)19-9)16(17)12-5-3-2-4-11(12)15(20)21-16/h2-8H,1H3,(H,18,19). The molecule has 1 atom stereocenters. The third-order valence-corrected chi connectivity index (χ3v) is 3.70. The van der Waals surface area contributed by atoms with E-state index in [0.29, 0.717) is 5.52 Å². The van der Waals surface area contributed by atoms with Gasteiger partial charge in [-0.2, -0.15) is 4.39 Å². The summed E-state index contributed by atoms with van der Waals surface area (Å²) in [5, 5.41) is 0. The van der Waals surface area contributed by atoms with Crippen LogP contribution in [0.5, 0.6) is 0 Å². The minimum absolute atomic E-state index is 0.241. The molecule has 1 unspecified atom stereocenters. The molecule has 104 valence electrons. The van der Waals surface area contributed by atoms with Crippen molar-refractivity contribution in [3.8, 4) is 0 Å². The summed E-state index contributed by atoms with van der Waals surface area (Å²) < 4.78 is 20.4. The van der Waals surface area contributed by atoms with Gasteiger partial charge in [0.25, 0.3) is 0 Å². The first kappa shape index (κ1) is 12.1. The zero-order valence-electron chi connectivity index (χ0n) is 11.2. The molecule has 21 heavy (non-hydrogen) atoms. The first-order chi connectivity index (χ1) is 10.1. The molecule has 0 amide bonds. The van der Waals surface area contributed by atoms with Crippen LogP contribution in [0.2, 0.25) is 0 Å². The van der Waals surface area contributed by atoms with Gasteiger partial charge in [0, 0.05) is 11.1 Å². The number of nitrogens with zero attached hydrogens (tertiary/aromatic N) is 1. The third kappa shape index (κ3) is 1.60. The van der Waals surface area contributed by atoms with E-state index in [0.717, 1.165) is 11.3 Å². The average Bonchev–Trinajstić information content (AvgIpc) is 2.97. The normalized spacial score (nSPS) is 20.6. The second-order valence-electron chi connectivity index (χ2n) is 5.08. The summed E-state index contributed by atoms with van der Waals surface area (Å²) in [6.45, 7) is 1.83. The van der Waals surface area contributed by atoms with E-state index in [2.05, 4.69) is 9.97 Å². The number of aromatic nitrogens is 2. The van der Waals surface area contributed by atoms with Crippen LogP contribution in [0.4, 0.5) is 4.39 Å². The largest absolute Gasteiger partial charge is 0.416 e. The highest BCUT2D eigenvalue weighted by Crippen LogP contribution is 2.43. The molecule has 4 nitrogen and oxygen atoms in total. The van der Waals surface area contributed by atoms with E-state index in [1.54, 1.807) is 42.5 Å². The van der Waals surface area contributed by atoms with E-state index in [9.17, 15) is 4.79 Å². The van der Waals surface area contributed by atoms with Crippen LogP contribution < -0.4 is 0 Å². The zero-order valence-corrected chi connectivity index (χ0v) is 11.2. The lowest BCUT2D eigenvalue weighted by atomic mass is 9.97. The Morgan fingerprint density at radius 1 is 1.24 bits per heavy atom. The van der Waals surface area contributed by atoms with Gasteiger partial charge in [-0.3, -0.25) is 0 Å². The Morgan fingerprint density at radius 3 is 2.90 bits per heavy atom. The maximum absolute atomic E-state index is 15.3. The number of esters is 1. The molecule has 0 fully saturated rings. The highest BCUT2D eigenvalue weighted by Gasteiger charge is 2.47. The van der Waals surface area contributed by atoms with Crippen LogP contribution in [0.25, 0.3) is 11.0 Å². The van der Waals surface area contributed by atoms with Gasteiger partial charge < -0.3 is 9.72 Å². The summed E-state index contributed by atoms with van der Waals surface area (Å²) in [5.41, 5.74) is 2.24. The number of fused-ring (bicyclic) bond motifs is 2. The number of carbonyl (C=O) groups excluding carboxylic acids is 1. The fourth-order valence-corrected chi connectivity index (χ4v) is 2.73. The Hall–Kier alpha value is -2.69. The first-order valence-electron chi connectivity index (χ1n) is 6.56. The fourth-order valence-electron chi connectivity index (χ4n) is 2.73. The maximum Gasteiger partial charge on any atom is 0.341 e. The summed E-state index contributed by atoms with van der Waals surface area (Å²) >= 11 is 0. The van der Waals surface area contributed by atoms with E-state index in [4.69, 9.17) is 4.74 Å². The molecule has 1 N–H and O–H groups in total. The van der Waals surface area contributed by atoms with Crippen molar-refractivity contribution in [2.24, 2.45) is 0 Å². The molecule has 1 aliphatic rings. The van der Waals surface area contributed by atoms with E-state index >= 15 is 4.39 Å². The Bertz CT molecular complexity index is 887. The lowest BCUT2D eigenvalue weighted by molar-refractivity contribution is -0.0650. The van der Waals surface area contributed by atoms with E-state index in [1.807, 2.05) is 6.92 Å². The highest BCUT2D eigenvalue weighted by molar-refractivity contribution is 5.95. The molecule has 4 rings (SSSR count). The van der Waals surface area contributed by atoms with Crippen LogP contribution in [0, 0.1) is 6.92 Å². The number of imidazole rings is 1. The van der Waals surface area contributed by atoms with Crippen molar-refractivity contribution in [2.45, 2.75) is 12.8 Å². The van der Waals surface area contributed by atoms with Gasteiger partial charge in [-0.05, 0) is 31.2 Å². The Morgan fingerprint density at radius 2 is 2.05 bits per heavy atom. The molecule has 2 aromatic carbocycles. The number of benzene rings is 2. The summed E-state index contributed by atoms with van der Waals surface area (Å²) in [6.07, 6.45) is 0. The van der Waals surface area contributed by atoms with Crippen LogP contribution in [-0.4, -0.2) is 15.9 Å². The van der Waals surface area contributed by atoms with Crippen LogP contribution in [0.1, 0.15) is 27.3 Å². The van der Waals surface area contributed by atoms with Gasteiger partial charge in [0.1, 0.15) is 5.82 Å². The molecule has 0 bridgehead atoms. The second kappa shape index (κ2) is 3.91. The summed E-state index contributed by atoms with van der Waals surface area (Å²) in [7, 11) is 0. The quantitative estimate of drug-likeness (QED) is 0.697. The zero-order chi connectivity index (χ0) is 14.6.